The molecule has 1 aliphatic rings. The highest BCUT2D eigenvalue weighted by Crippen LogP contribution is 2.31. The lowest BCUT2D eigenvalue weighted by Crippen LogP contribution is -2.21. The van der Waals surface area contributed by atoms with E-state index in [0.717, 1.165) is 18.7 Å². The molecule has 28 heavy (non-hydrogen) atoms. The van der Waals surface area contributed by atoms with Crippen molar-refractivity contribution in [2.24, 2.45) is 0 Å². The van der Waals surface area contributed by atoms with Gasteiger partial charge in [-0.05, 0) is 44.5 Å². The number of ether oxygens (including phenoxy) is 2. The van der Waals surface area contributed by atoms with Gasteiger partial charge in [-0.2, -0.15) is 0 Å². The van der Waals surface area contributed by atoms with Crippen molar-refractivity contribution in [1.82, 2.24) is 14.9 Å². The average molecular weight is 385 g/mol. The molecule has 1 fully saturated rings. The Bertz CT molecular complexity index is 776. The third-order valence-corrected chi connectivity index (χ3v) is 4.47. The molecular weight excluding hydrogens is 358 g/mol. The largest absolute Gasteiger partial charge is 0.493 e. The van der Waals surface area contributed by atoms with E-state index in [4.69, 9.17) is 9.47 Å². The summed E-state index contributed by atoms with van der Waals surface area (Å²) in [5.74, 6) is 1.64. The van der Waals surface area contributed by atoms with E-state index >= 15 is 0 Å². The van der Waals surface area contributed by atoms with Gasteiger partial charge in [-0.3, -0.25) is 4.79 Å². The van der Waals surface area contributed by atoms with Crippen LogP contribution in [0.1, 0.15) is 26.2 Å². The van der Waals surface area contributed by atoms with Crippen LogP contribution in [-0.2, 0) is 4.79 Å². The Hall–Kier alpha value is -2.87. The summed E-state index contributed by atoms with van der Waals surface area (Å²) in [7, 11) is 1.63. The molecule has 0 saturated carbocycles. The van der Waals surface area contributed by atoms with Crippen LogP contribution in [0.4, 0.5) is 17.3 Å². The normalized spacial score (nSPS) is 13.9. The van der Waals surface area contributed by atoms with Crippen molar-refractivity contribution >= 4 is 23.2 Å². The van der Waals surface area contributed by atoms with E-state index in [1.807, 2.05) is 18.2 Å². The lowest BCUT2D eigenvalue weighted by atomic mass is 10.2. The molecule has 2 heterocycles. The summed E-state index contributed by atoms with van der Waals surface area (Å²) < 4.78 is 11.3. The van der Waals surface area contributed by atoms with Crippen molar-refractivity contribution in [3.8, 4) is 11.5 Å². The second-order valence-electron chi connectivity index (χ2n) is 6.72. The van der Waals surface area contributed by atoms with Gasteiger partial charge < -0.3 is 25.0 Å². The predicted octanol–water partition coefficient (Wildman–Crippen LogP) is 3.05. The second-order valence-corrected chi connectivity index (χ2v) is 6.72. The number of hydrogen-bond donors (Lipinski definition) is 2. The van der Waals surface area contributed by atoms with Crippen molar-refractivity contribution in [1.29, 1.82) is 0 Å². The van der Waals surface area contributed by atoms with E-state index in [1.165, 1.54) is 32.9 Å². The van der Waals surface area contributed by atoms with Crippen LogP contribution in [0.5, 0.6) is 11.5 Å². The van der Waals surface area contributed by atoms with Gasteiger partial charge in [0.1, 0.15) is 0 Å². The third kappa shape index (κ3) is 5.82. The summed E-state index contributed by atoms with van der Waals surface area (Å²) in [6, 6.07) is 5.60. The van der Waals surface area contributed by atoms with Gasteiger partial charge in [0.2, 0.25) is 11.9 Å². The second kappa shape index (κ2) is 9.89. The van der Waals surface area contributed by atoms with E-state index in [1.54, 1.807) is 19.5 Å². The van der Waals surface area contributed by atoms with Crippen molar-refractivity contribution in [2.45, 2.75) is 26.2 Å². The average Bonchev–Trinajstić information content (AvgIpc) is 3.20. The molecule has 8 nitrogen and oxygen atoms in total. The highest BCUT2D eigenvalue weighted by Gasteiger charge is 2.11. The van der Waals surface area contributed by atoms with Crippen LogP contribution < -0.4 is 20.1 Å². The van der Waals surface area contributed by atoms with Crippen molar-refractivity contribution in [3.05, 3.63) is 30.6 Å². The van der Waals surface area contributed by atoms with E-state index < -0.39 is 0 Å². The third-order valence-electron chi connectivity index (χ3n) is 4.47. The summed E-state index contributed by atoms with van der Waals surface area (Å²) in [4.78, 5) is 21.9. The summed E-state index contributed by atoms with van der Waals surface area (Å²) in [6.45, 7) is 5.54. The molecule has 0 unspecified atom stereocenters. The van der Waals surface area contributed by atoms with Gasteiger partial charge in [-0.1, -0.05) is 0 Å². The molecule has 0 bridgehead atoms. The minimum Gasteiger partial charge on any atom is -0.493 e. The van der Waals surface area contributed by atoms with E-state index in [-0.39, 0.29) is 5.91 Å². The molecule has 1 amide bonds. The fourth-order valence-electron chi connectivity index (χ4n) is 3.13. The zero-order valence-electron chi connectivity index (χ0n) is 16.4. The SMILES string of the molecule is COc1ccc(Nc2ncc(NC(C)=O)cn2)cc1OCCCN1CCCC1. The predicted molar refractivity (Wildman–Crippen MR) is 108 cm³/mol. The van der Waals surface area contributed by atoms with Crippen molar-refractivity contribution < 1.29 is 14.3 Å². The number of methoxy groups -OCH3 is 1. The zero-order valence-corrected chi connectivity index (χ0v) is 16.4. The summed E-state index contributed by atoms with van der Waals surface area (Å²) >= 11 is 0. The molecule has 150 valence electrons. The molecule has 2 aromatic rings. The fraction of sp³-hybridized carbons (Fsp3) is 0.450. The number of anilines is 3. The van der Waals surface area contributed by atoms with Gasteiger partial charge in [0, 0.05) is 25.2 Å². The Morgan fingerprint density at radius 1 is 1.14 bits per heavy atom. The minimum absolute atomic E-state index is 0.161. The molecule has 1 aromatic carbocycles. The first kappa shape index (κ1) is 19.9. The summed E-state index contributed by atoms with van der Waals surface area (Å²) in [6.07, 6.45) is 6.69. The molecule has 0 atom stereocenters. The first-order valence-corrected chi connectivity index (χ1v) is 9.54. The molecular formula is C20H27N5O3. The number of nitrogens with zero attached hydrogens (tertiary/aromatic N) is 3. The van der Waals surface area contributed by atoms with Gasteiger partial charge in [-0.25, -0.2) is 9.97 Å². The molecule has 0 aliphatic carbocycles. The van der Waals surface area contributed by atoms with Crippen LogP contribution in [0.25, 0.3) is 0 Å². The maximum atomic E-state index is 11.1. The number of rotatable bonds is 9. The highest BCUT2D eigenvalue weighted by molar-refractivity contribution is 5.88. The first-order chi connectivity index (χ1) is 13.6. The van der Waals surface area contributed by atoms with Crippen LogP contribution in [0.2, 0.25) is 0 Å². The minimum atomic E-state index is -0.161. The van der Waals surface area contributed by atoms with Crippen LogP contribution in [0.15, 0.2) is 30.6 Å². The van der Waals surface area contributed by atoms with Gasteiger partial charge in [0.25, 0.3) is 0 Å². The maximum Gasteiger partial charge on any atom is 0.227 e. The number of hydrogen-bond acceptors (Lipinski definition) is 7. The lowest BCUT2D eigenvalue weighted by molar-refractivity contribution is -0.114. The maximum absolute atomic E-state index is 11.1. The Balaban J connectivity index is 1.57. The number of amides is 1. The number of carbonyl (C=O) groups is 1. The van der Waals surface area contributed by atoms with Crippen LogP contribution in [0.3, 0.4) is 0 Å². The molecule has 0 radical (unpaired) electrons. The molecule has 3 rings (SSSR count). The number of likely N-dealkylation sites (tertiary alicyclic amines) is 1. The number of benzene rings is 1. The van der Waals surface area contributed by atoms with Crippen LogP contribution in [-0.4, -0.2) is 54.1 Å². The fourth-order valence-corrected chi connectivity index (χ4v) is 3.13. The first-order valence-electron chi connectivity index (χ1n) is 9.54. The monoisotopic (exact) mass is 385 g/mol. The highest BCUT2D eigenvalue weighted by atomic mass is 16.5. The quantitative estimate of drug-likeness (QED) is 0.641. The van der Waals surface area contributed by atoms with Crippen molar-refractivity contribution in [2.75, 3.05) is 44.0 Å². The molecule has 0 spiro atoms. The van der Waals surface area contributed by atoms with E-state index in [0.29, 0.717) is 29.7 Å². The van der Waals surface area contributed by atoms with Crippen molar-refractivity contribution in [3.63, 3.8) is 0 Å². The number of carbonyl (C=O) groups excluding carboxylic acids is 1. The van der Waals surface area contributed by atoms with Crippen LogP contribution >= 0.6 is 0 Å². The Labute approximate surface area is 165 Å². The molecule has 8 heteroatoms. The zero-order chi connectivity index (χ0) is 19.8. The lowest BCUT2D eigenvalue weighted by Gasteiger charge is -2.16. The van der Waals surface area contributed by atoms with Gasteiger partial charge >= 0.3 is 0 Å². The Kier molecular flexibility index (Phi) is 7.02. The summed E-state index contributed by atoms with van der Waals surface area (Å²) in [5, 5.41) is 5.77. The number of aromatic nitrogens is 2. The molecule has 1 aromatic heterocycles. The summed E-state index contributed by atoms with van der Waals surface area (Å²) in [5.41, 5.74) is 1.34. The topological polar surface area (TPSA) is 88.6 Å². The van der Waals surface area contributed by atoms with Gasteiger partial charge in [-0.15, -0.1) is 0 Å². The van der Waals surface area contributed by atoms with E-state index in [2.05, 4.69) is 25.5 Å². The van der Waals surface area contributed by atoms with E-state index in [9.17, 15) is 4.79 Å². The smallest absolute Gasteiger partial charge is 0.227 e. The molecule has 2 N–H and O–H groups in total. The van der Waals surface area contributed by atoms with Gasteiger partial charge in [0.15, 0.2) is 11.5 Å². The van der Waals surface area contributed by atoms with Crippen LogP contribution in [0, 0.1) is 0 Å². The Morgan fingerprint density at radius 2 is 1.89 bits per heavy atom. The molecule has 1 aliphatic heterocycles. The number of nitrogens with one attached hydrogen (secondary N) is 2. The standard InChI is InChI=1S/C20H27N5O3/c1-15(26)23-17-13-21-20(22-14-17)24-16-6-7-18(27-2)19(12-16)28-11-5-10-25-8-3-4-9-25/h6-7,12-14H,3-5,8-11H2,1-2H3,(H,23,26)(H,21,22,24). The Morgan fingerprint density at radius 3 is 2.57 bits per heavy atom. The molecule has 1 saturated heterocycles. The van der Waals surface area contributed by atoms with Gasteiger partial charge in [0.05, 0.1) is 31.8 Å².